The second kappa shape index (κ2) is 18.3. The summed E-state index contributed by atoms with van der Waals surface area (Å²) < 4.78 is 51.3. The molecule has 0 radical (unpaired) electrons. The number of fused-ring (bicyclic) bond motifs is 1. The van der Waals surface area contributed by atoms with Gasteiger partial charge in [0, 0.05) is 17.7 Å². The largest absolute Gasteiger partial charge is 0.508 e. The number of benzene rings is 2. The number of hydrogen-bond acceptors (Lipinski definition) is 23. The van der Waals surface area contributed by atoms with Gasteiger partial charge in [0.15, 0.2) is 18.3 Å². The van der Waals surface area contributed by atoms with E-state index in [0.717, 1.165) is 12.1 Å². The lowest BCUT2D eigenvalue weighted by atomic mass is 9.97. The molecule has 20 atom stereocenters. The van der Waals surface area contributed by atoms with Crippen LogP contribution in [-0.2, 0) is 28.4 Å². The summed E-state index contributed by atoms with van der Waals surface area (Å²) in [6.45, 7) is 3.58. The van der Waals surface area contributed by atoms with Crippen LogP contribution < -0.4 is 14.9 Å². The Balaban J connectivity index is 1.10. The number of aromatic hydroxyl groups is 2. The molecule has 62 heavy (non-hydrogen) atoms. The monoisotopic (exact) mass is 886 g/mol. The number of rotatable bonds is 10. The van der Waals surface area contributed by atoms with E-state index in [1.165, 1.54) is 45.0 Å². The van der Waals surface area contributed by atoms with E-state index in [9.17, 15) is 71.2 Å². The maximum absolute atomic E-state index is 14.2. The van der Waals surface area contributed by atoms with Gasteiger partial charge in [0.2, 0.25) is 23.8 Å². The Morgan fingerprint density at radius 2 is 1.10 bits per heavy atom. The summed E-state index contributed by atoms with van der Waals surface area (Å²) >= 11 is 0. The zero-order valence-corrected chi connectivity index (χ0v) is 33.1. The highest BCUT2D eigenvalue weighted by Gasteiger charge is 2.51. The van der Waals surface area contributed by atoms with E-state index in [4.69, 9.17) is 42.3 Å². The van der Waals surface area contributed by atoms with Crippen LogP contribution >= 0.6 is 0 Å². The fourth-order valence-corrected chi connectivity index (χ4v) is 7.55. The predicted molar refractivity (Wildman–Crippen MR) is 201 cm³/mol. The van der Waals surface area contributed by atoms with Gasteiger partial charge in [0.05, 0.1) is 24.9 Å². The first-order valence-electron chi connectivity index (χ1n) is 19.6. The second-order valence-electron chi connectivity index (χ2n) is 15.7. The molecule has 0 aliphatic carbocycles. The van der Waals surface area contributed by atoms with Crippen LogP contribution in [-0.4, -0.2) is 196 Å². The molecular weight excluding hydrogens is 836 g/mol. The summed E-state index contributed by atoms with van der Waals surface area (Å²) in [4.78, 5) is 14.2. The molecule has 344 valence electrons. The molecule has 9 unspecified atom stereocenters. The SMILES string of the molecule is CC1O[C@@H](Oc2cc(O)c3c(=O)c(O[C@@H]4OC(CO[C@@H]5OC(C)[C@H](O[C@@H]6OC(C)[C@H](O)[C@H](O)C6O)[C@H](O)C5O)[C@H](O)C(O)C4O)c(-c4ccc(O)cc4)oc3c2)C(O)[C@@H](O)[C@H]1O. The van der Waals surface area contributed by atoms with E-state index in [2.05, 4.69) is 0 Å². The van der Waals surface area contributed by atoms with E-state index < -0.39 is 152 Å². The van der Waals surface area contributed by atoms with Gasteiger partial charge in [-0.1, -0.05) is 0 Å². The minimum absolute atomic E-state index is 0.108. The molecule has 0 amide bonds. The van der Waals surface area contributed by atoms with E-state index in [1.807, 2.05) is 0 Å². The van der Waals surface area contributed by atoms with E-state index in [-0.39, 0.29) is 28.4 Å². The van der Waals surface area contributed by atoms with Gasteiger partial charge in [-0.15, -0.1) is 0 Å². The normalized spacial score (nSPS) is 41.5. The Kier molecular flexibility index (Phi) is 13.7. The highest BCUT2D eigenvalue weighted by Crippen LogP contribution is 2.39. The summed E-state index contributed by atoms with van der Waals surface area (Å²) in [5.41, 5.74) is -1.25. The van der Waals surface area contributed by atoms with Crippen molar-refractivity contribution in [3.8, 4) is 34.3 Å². The zero-order valence-electron chi connectivity index (χ0n) is 33.1. The highest BCUT2D eigenvalue weighted by atomic mass is 16.8. The number of hydrogen-bond donors (Lipinski definition) is 13. The molecule has 23 nitrogen and oxygen atoms in total. The standard InChI is InChI=1S/C39H50O23/c1-11-21(42)25(46)29(50)37(55-11)58-16-8-17(41)20-18(9-16)59-34(14-4-6-15(40)7-5-14)35(24(20)45)62-39-31(52)27(48)23(44)19(60-39)10-54-36-32(53)28(49)33(13(3)57-36)61-38-30(51)26(47)22(43)12(2)56-38/h4-9,11-13,19,21-23,25-33,36-44,46-53H,10H2,1-3H3/t11?,12?,13?,19?,21-,22-,23-,25-,26-,27?,28+,29?,30?,31?,32?,33-,36+,37-,38-,39-/m0/s1. The van der Waals surface area contributed by atoms with Crippen molar-refractivity contribution in [3.63, 3.8) is 0 Å². The van der Waals surface area contributed by atoms with Gasteiger partial charge < -0.3 is 109 Å². The molecule has 2 aromatic carbocycles. The van der Waals surface area contributed by atoms with Crippen molar-refractivity contribution < 1.29 is 109 Å². The lowest BCUT2D eigenvalue weighted by Crippen LogP contribution is -2.63. The van der Waals surface area contributed by atoms with Crippen LogP contribution in [0.15, 0.2) is 45.6 Å². The third-order valence-corrected chi connectivity index (χ3v) is 11.3. The van der Waals surface area contributed by atoms with Crippen LogP contribution in [0.2, 0.25) is 0 Å². The minimum atomic E-state index is -2.04. The van der Waals surface area contributed by atoms with Crippen LogP contribution in [0.1, 0.15) is 20.8 Å². The number of aliphatic hydroxyl groups excluding tert-OH is 11. The Morgan fingerprint density at radius 1 is 0.565 bits per heavy atom. The Bertz CT molecular complexity index is 2070. The van der Waals surface area contributed by atoms with Gasteiger partial charge in [-0.05, 0) is 45.0 Å². The molecule has 0 spiro atoms. The quantitative estimate of drug-likeness (QED) is 0.0921. The van der Waals surface area contributed by atoms with Gasteiger partial charge in [0.25, 0.3) is 0 Å². The summed E-state index contributed by atoms with van der Waals surface area (Å²) in [6, 6.07) is 7.29. The predicted octanol–water partition coefficient (Wildman–Crippen LogP) is -4.04. The zero-order chi connectivity index (χ0) is 45.1. The summed E-state index contributed by atoms with van der Waals surface area (Å²) in [5.74, 6) is -2.15. The Hall–Kier alpha value is -3.83. The second-order valence-corrected chi connectivity index (χ2v) is 15.7. The molecule has 7 rings (SSSR count). The summed E-state index contributed by atoms with van der Waals surface area (Å²) in [7, 11) is 0. The van der Waals surface area contributed by atoms with E-state index in [0.29, 0.717) is 0 Å². The fourth-order valence-electron chi connectivity index (χ4n) is 7.55. The number of ether oxygens (including phenoxy) is 8. The third-order valence-electron chi connectivity index (χ3n) is 11.3. The molecule has 3 aromatic rings. The molecule has 0 bridgehead atoms. The van der Waals surface area contributed by atoms with Crippen LogP contribution in [0.25, 0.3) is 22.3 Å². The Labute approximate surface area is 350 Å². The van der Waals surface area contributed by atoms with Crippen LogP contribution in [0.5, 0.6) is 23.0 Å². The maximum Gasteiger partial charge on any atom is 0.239 e. The molecule has 23 heteroatoms. The molecule has 4 aliphatic heterocycles. The van der Waals surface area contributed by atoms with Crippen molar-refractivity contribution in [1.29, 1.82) is 0 Å². The molecule has 4 fully saturated rings. The van der Waals surface area contributed by atoms with Crippen molar-refractivity contribution in [2.45, 2.75) is 144 Å². The minimum Gasteiger partial charge on any atom is -0.508 e. The van der Waals surface area contributed by atoms with Crippen molar-refractivity contribution in [2.75, 3.05) is 6.61 Å². The smallest absolute Gasteiger partial charge is 0.239 e. The average Bonchev–Trinajstić information content (AvgIpc) is 3.23. The maximum atomic E-state index is 14.2. The van der Waals surface area contributed by atoms with Crippen molar-refractivity contribution in [1.82, 2.24) is 0 Å². The van der Waals surface area contributed by atoms with Gasteiger partial charge in [-0.3, -0.25) is 4.79 Å². The van der Waals surface area contributed by atoms with Gasteiger partial charge in [-0.2, -0.15) is 0 Å². The van der Waals surface area contributed by atoms with Gasteiger partial charge in [-0.25, -0.2) is 0 Å². The van der Waals surface area contributed by atoms with Crippen molar-refractivity contribution in [2.24, 2.45) is 0 Å². The number of aliphatic hydroxyl groups is 11. The topological polar surface area (TPSA) is 367 Å². The van der Waals surface area contributed by atoms with Crippen LogP contribution in [0.4, 0.5) is 0 Å². The number of phenols is 2. The first-order valence-corrected chi connectivity index (χ1v) is 19.6. The first-order chi connectivity index (χ1) is 29.3. The molecule has 1 aromatic heterocycles. The lowest BCUT2D eigenvalue weighted by Gasteiger charge is -2.46. The molecule has 4 aliphatic rings. The third kappa shape index (κ3) is 8.83. The highest BCUT2D eigenvalue weighted by molar-refractivity contribution is 5.88. The molecule has 13 N–H and O–H groups in total. The molecule has 5 heterocycles. The van der Waals surface area contributed by atoms with E-state index in [1.54, 1.807) is 0 Å². The van der Waals surface area contributed by atoms with Gasteiger partial charge >= 0.3 is 0 Å². The average molecular weight is 887 g/mol. The van der Waals surface area contributed by atoms with Crippen molar-refractivity contribution in [3.05, 3.63) is 46.6 Å². The van der Waals surface area contributed by atoms with Gasteiger partial charge in [0.1, 0.15) is 108 Å². The first kappa shape index (κ1) is 46.2. The molecular formula is C39H50O23. The fraction of sp³-hybridized carbons (Fsp3) is 0.615. The van der Waals surface area contributed by atoms with Crippen molar-refractivity contribution >= 4 is 11.0 Å². The number of phenolic OH excluding ortho intramolecular Hbond substituents is 2. The molecule has 4 saturated heterocycles. The van der Waals surface area contributed by atoms with E-state index >= 15 is 0 Å². The Morgan fingerprint density at radius 3 is 1.73 bits per heavy atom. The lowest BCUT2D eigenvalue weighted by molar-refractivity contribution is -0.357. The van der Waals surface area contributed by atoms with Crippen LogP contribution in [0, 0.1) is 0 Å². The summed E-state index contributed by atoms with van der Waals surface area (Å²) in [6.07, 6.45) is -31.7. The molecule has 0 saturated carbocycles. The van der Waals surface area contributed by atoms with Crippen LogP contribution in [0.3, 0.4) is 0 Å². The summed E-state index contributed by atoms with van der Waals surface area (Å²) in [5, 5.41) is 136.